The van der Waals surface area contributed by atoms with Gasteiger partial charge in [0.15, 0.2) is 0 Å². The van der Waals surface area contributed by atoms with Crippen molar-refractivity contribution in [1.29, 1.82) is 0 Å². The zero-order valence-corrected chi connectivity index (χ0v) is 14.1. The standard InChI is InChI=1S/C19H21N3O3/c1-22-18(11-6-8-13(23)9-7-11)15-16(20-21-17(15)19(22)24)12-4-3-5-14(10-12)25-2/h3-10,15-18,20-21,23H,1-2H3. The van der Waals surface area contributed by atoms with Gasteiger partial charge in [-0.05, 0) is 35.4 Å². The fourth-order valence-electron chi connectivity index (χ4n) is 4.03. The van der Waals surface area contributed by atoms with Crippen LogP contribution in [0.4, 0.5) is 0 Å². The van der Waals surface area contributed by atoms with Gasteiger partial charge in [0, 0.05) is 13.0 Å². The van der Waals surface area contributed by atoms with Crippen molar-refractivity contribution in [1.82, 2.24) is 15.8 Å². The Labute approximate surface area is 146 Å². The van der Waals surface area contributed by atoms with Crippen LogP contribution in [0.1, 0.15) is 23.2 Å². The molecule has 6 heteroatoms. The Morgan fingerprint density at radius 1 is 1.04 bits per heavy atom. The number of likely N-dealkylation sites (N-methyl/N-ethyl adjacent to an activating group) is 1. The maximum Gasteiger partial charge on any atom is 0.241 e. The summed E-state index contributed by atoms with van der Waals surface area (Å²) in [6.07, 6.45) is 0. The smallest absolute Gasteiger partial charge is 0.241 e. The van der Waals surface area contributed by atoms with Gasteiger partial charge in [0.25, 0.3) is 0 Å². The first-order valence-corrected chi connectivity index (χ1v) is 8.31. The largest absolute Gasteiger partial charge is 0.508 e. The van der Waals surface area contributed by atoms with Crippen LogP contribution in [0, 0.1) is 5.92 Å². The van der Waals surface area contributed by atoms with Crippen LogP contribution >= 0.6 is 0 Å². The summed E-state index contributed by atoms with van der Waals surface area (Å²) in [4.78, 5) is 14.5. The van der Waals surface area contributed by atoms with Crippen molar-refractivity contribution in [3.05, 3.63) is 59.7 Å². The van der Waals surface area contributed by atoms with Gasteiger partial charge in [-0.1, -0.05) is 24.3 Å². The Morgan fingerprint density at radius 2 is 1.76 bits per heavy atom. The second-order valence-corrected chi connectivity index (χ2v) is 6.58. The second-order valence-electron chi connectivity index (χ2n) is 6.58. The molecule has 2 aliphatic rings. The summed E-state index contributed by atoms with van der Waals surface area (Å²) < 4.78 is 5.34. The number of phenols is 1. The maximum atomic E-state index is 12.7. The number of carbonyl (C=O) groups excluding carboxylic acids is 1. The highest BCUT2D eigenvalue weighted by Crippen LogP contribution is 2.46. The van der Waals surface area contributed by atoms with Gasteiger partial charge in [0.2, 0.25) is 5.91 Å². The lowest BCUT2D eigenvalue weighted by atomic mass is 9.83. The van der Waals surface area contributed by atoms with Gasteiger partial charge in [-0.15, -0.1) is 0 Å². The van der Waals surface area contributed by atoms with Crippen molar-refractivity contribution in [3.8, 4) is 11.5 Å². The highest BCUT2D eigenvalue weighted by atomic mass is 16.5. The van der Waals surface area contributed by atoms with E-state index in [0.717, 1.165) is 16.9 Å². The van der Waals surface area contributed by atoms with E-state index >= 15 is 0 Å². The lowest BCUT2D eigenvalue weighted by Crippen LogP contribution is -2.39. The van der Waals surface area contributed by atoms with Crippen LogP contribution in [0.5, 0.6) is 11.5 Å². The molecule has 25 heavy (non-hydrogen) atoms. The Morgan fingerprint density at radius 3 is 2.48 bits per heavy atom. The second kappa shape index (κ2) is 6.06. The lowest BCUT2D eigenvalue weighted by Gasteiger charge is -2.29. The van der Waals surface area contributed by atoms with E-state index in [4.69, 9.17) is 4.74 Å². The first kappa shape index (κ1) is 15.9. The third-order valence-electron chi connectivity index (χ3n) is 5.25. The van der Waals surface area contributed by atoms with Crippen molar-refractivity contribution in [2.24, 2.45) is 5.92 Å². The SMILES string of the molecule is COc1cccc(C2NNC3C(=O)N(C)C(c4ccc(O)cc4)C32)c1. The first-order chi connectivity index (χ1) is 12.1. The Balaban J connectivity index is 1.74. The number of aromatic hydroxyl groups is 1. The molecule has 0 saturated carbocycles. The molecule has 4 atom stereocenters. The van der Waals surface area contributed by atoms with Crippen molar-refractivity contribution >= 4 is 5.91 Å². The van der Waals surface area contributed by atoms with E-state index in [0.29, 0.717) is 0 Å². The molecule has 2 fully saturated rings. The number of fused-ring (bicyclic) bond motifs is 1. The first-order valence-electron chi connectivity index (χ1n) is 8.31. The zero-order valence-electron chi connectivity index (χ0n) is 14.1. The topological polar surface area (TPSA) is 73.8 Å². The molecule has 2 aromatic rings. The van der Waals surface area contributed by atoms with Crippen molar-refractivity contribution in [2.45, 2.75) is 18.1 Å². The Hall–Kier alpha value is -2.57. The van der Waals surface area contributed by atoms with Crippen LogP contribution in [-0.4, -0.2) is 36.1 Å². The van der Waals surface area contributed by atoms with Gasteiger partial charge >= 0.3 is 0 Å². The number of benzene rings is 2. The van der Waals surface area contributed by atoms with E-state index in [1.54, 1.807) is 24.1 Å². The van der Waals surface area contributed by atoms with Crippen LogP contribution in [0.25, 0.3) is 0 Å². The number of hydrogen-bond donors (Lipinski definition) is 3. The highest BCUT2D eigenvalue weighted by molar-refractivity contribution is 5.86. The molecule has 2 heterocycles. The fourth-order valence-corrected chi connectivity index (χ4v) is 4.03. The van der Waals surface area contributed by atoms with Crippen LogP contribution in [0.15, 0.2) is 48.5 Å². The van der Waals surface area contributed by atoms with E-state index in [2.05, 4.69) is 10.9 Å². The monoisotopic (exact) mass is 339 g/mol. The van der Waals surface area contributed by atoms with Crippen molar-refractivity contribution in [2.75, 3.05) is 14.2 Å². The van der Waals surface area contributed by atoms with E-state index in [9.17, 15) is 9.90 Å². The highest BCUT2D eigenvalue weighted by Gasteiger charge is 2.54. The van der Waals surface area contributed by atoms with Gasteiger partial charge in [-0.3, -0.25) is 4.79 Å². The number of nitrogens with zero attached hydrogens (tertiary/aromatic N) is 1. The molecule has 6 nitrogen and oxygen atoms in total. The van der Waals surface area contributed by atoms with Crippen LogP contribution in [0.3, 0.4) is 0 Å². The number of hydrogen-bond acceptors (Lipinski definition) is 5. The number of methoxy groups -OCH3 is 1. The summed E-state index contributed by atoms with van der Waals surface area (Å²) in [7, 11) is 3.48. The minimum atomic E-state index is -0.278. The molecule has 130 valence electrons. The van der Waals surface area contributed by atoms with Crippen LogP contribution in [-0.2, 0) is 4.79 Å². The summed E-state index contributed by atoms with van der Waals surface area (Å²) in [5.41, 5.74) is 8.54. The van der Waals surface area contributed by atoms with Gasteiger partial charge in [0.1, 0.15) is 17.5 Å². The number of carbonyl (C=O) groups is 1. The molecule has 0 radical (unpaired) electrons. The molecule has 0 aromatic heterocycles. The molecule has 0 spiro atoms. The number of amides is 1. The minimum absolute atomic E-state index is 0.0206. The van der Waals surface area contributed by atoms with Crippen molar-refractivity contribution < 1.29 is 14.6 Å². The quantitative estimate of drug-likeness (QED) is 0.794. The average Bonchev–Trinajstić information content (AvgIpc) is 3.16. The van der Waals surface area contributed by atoms with Gasteiger partial charge < -0.3 is 14.7 Å². The van der Waals surface area contributed by atoms with E-state index in [1.807, 2.05) is 43.4 Å². The Kier molecular flexibility index (Phi) is 3.86. The predicted octanol–water partition coefficient (Wildman–Crippen LogP) is 1.75. The number of likely N-dealkylation sites (tertiary alicyclic amines) is 1. The van der Waals surface area contributed by atoms with E-state index in [1.165, 1.54) is 0 Å². The molecule has 0 bridgehead atoms. The molecular weight excluding hydrogens is 318 g/mol. The van der Waals surface area contributed by atoms with Crippen LogP contribution in [0.2, 0.25) is 0 Å². The average molecular weight is 339 g/mol. The molecular formula is C19H21N3O3. The van der Waals surface area contributed by atoms with Gasteiger partial charge in [0.05, 0.1) is 19.2 Å². The lowest BCUT2D eigenvalue weighted by molar-refractivity contribution is -0.129. The normalized spacial score (nSPS) is 28.2. The predicted molar refractivity (Wildman–Crippen MR) is 92.9 cm³/mol. The molecule has 2 aromatic carbocycles. The molecule has 2 saturated heterocycles. The maximum absolute atomic E-state index is 12.7. The number of phenolic OH excluding ortho intramolecular Hbond substituents is 1. The van der Waals surface area contributed by atoms with Crippen LogP contribution < -0.4 is 15.6 Å². The fraction of sp³-hybridized carbons (Fsp3) is 0.316. The molecule has 2 aliphatic heterocycles. The summed E-state index contributed by atoms with van der Waals surface area (Å²) in [5.74, 6) is 1.12. The number of hydrazine groups is 1. The van der Waals surface area contributed by atoms with Gasteiger partial charge in [-0.25, -0.2) is 10.9 Å². The third-order valence-corrected chi connectivity index (χ3v) is 5.25. The molecule has 0 aliphatic carbocycles. The molecule has 4 unspecified atom stereocenters. The minimum Gasteiger partial charge on any atom is -0.508 e. The third kappa shape index (κ3) is 2.54. The Bertz CT molecular complexity index is 793. The van der Waals surface area contributed by atoms with E-state index in [-0.39, 0.29) is 35.7 Å². The number of ether oxygens (including phenoxy) is 1. The zero-order chi connectivity index (χ0) is 17.6. The molecule has 4 rings (SSSR count). The van der Waals surface area contributed by atoms with E-state index < -0.39 is 0 Å². The van der Waals surface area contributed by atoms with Gasteiger partial charge in [-0.2, -0.15) is 0 Å². The summed E-state index contributed by atoms with van der Waals surface area (Å²) in [6, 6.07) is 14.6. The summed E-state index contributed by atoms with van der Waals surface area (Å²) in [5, 5.41) is 9.57. The number of nitrogens with one attached hydrogen (secondary N) is 2. The summed E-state index contributed by atoms with van der Waals surface area (Å²) >= 11 is 0. The summed E-state index contributed by atoms with van der Waals surface area (Å²) in [6.45, 7) is 0. The number of rotatable bonds is 3. The van der Waals surface area contributed by atoms with Crippen molar-refractivity contribution in [3.63, 3.8) is 0 Å². The molecule has 3 N–H and O–H groups in total. The molecule has 1 amide bonds.